The lowest BCUT2D eigenvalue weighted by molar-refractivity contribution is 0.265. The zero-order valence-electron chi connectivity index (χ0n) is 13.2. The fourth-order valence-electron chi connectivity index (χ4n) is 1.82. The molecule has 0 saturated heterocycles. The summed E-state index contributed by atoms with van der Waals surface area (Å²) in [4.78, 5) is 0. The van der Waals surface area contributed by atoms with Crippen LogP contribution in [0, 0.1) is 11.3 Å². The van der Waals surface area contributed by atoms with E-state index < -0.39 is 5.54 Å². The highest BCUT2D eigenvalue weighted by Gasteiger charge is 2.22. The average Bonchev–Trinajstić information content (AvgIpc) is 2.52. The quantitative estimate of drug-likeness (QED) is 0.758. The minimum atomic E-state index is -0.570. The van der Waals surface area contributed by atoms with Crippen molar-refractivity contribution in [1.29, 1.82) is 5.26 Å². The molecule has 1 aromatic rings. The predicted molar refractivity (Wildman–Crippen MR) is 82.0 cm³/mol. The lowest BCUT2D eigenvalue weighted by atomic mass is 10.0. The van der Waals surface area contributed by atoms with Gasteiger partial charge in [-0.1, -0.05) is 6.92 Å². The smallest absolute Gasteiger partial charge is 0.126 e. The number of hydrogen-bond acceptors (Lipinski definition) is 5. The summed E-state index contributed by atoms with van der Waals surface area (Å²) < 4.78 is 16.1. The van der Waals surface area contributed by atoms with Crippen molar-refractivity contribution in [3.05, 3.63) is 18.2 Å². The number of hydrogen-bond donors (Lipinski definition) is 1. The Morgan fingerprint density at radius 2 is 1.71 bits per heavy atom. The van der Waals surface area contributed by atoms with Gasteiger partial charge in [-0.25, -0.2) is 0 Å². The number of ether oxygens (including phenoxy) is 3. The molecule has 0 aromatic heterocycles. The van der Waals surface area contributed by atoms with Crippen molar-refractivity contribution < 1.29 is 14.2 Å². The van der Waals surface area contributed by atoms with Crippen LogP contribution in [0.3, 0.4) is 0 Å². The highest BCUT2D eigenvalue weighted by molar-refractivity contribution is 5.42. The molecule has 0 saturated carbocycles. The number of benzene rings is 1. The molecular weight excluding hydrogens is 268 g/mol. The molecule has 5 heteroatoms. The van der Waals surface area contributed by atoms with Gasteiger partial charge in [-0.05, 0) is 19.9 Å². The zero-order chi connectivity index (χ0) is 15.7. The Morgan fingerprint density at radius 3 is 2.19 bits per heavy atom. The second kappa shape index (κ2) is 8.38. The van der Waals surface area contributed by atoms with Gasteiger partial charge in [0.05, 0.1) is 26.9 Å². The lowest BCUT2D eigenvalue weighted by Gasteiger charge is -2.23. The monoisotopic (exact) mass is 292 g/mol. The molecule has 0 spiro atoms. The molecule has 1 rings (SSSR count). The molecule has 0 radical (unpaired) electrons. The molecule has 0 aliphatic carbocycles. The van der Waals surface area contributed by atoms with E-state index in [1.807, 2.05) is 6.92 Å². The molecule has 1 aromatic carbocycles. The second-order valence-electron chi connectivity index (χ2n) is 5.02. The predicted octanol–water partition coefficient (Wildman–Crippen LogP) is 2.75. The SMILES string of the molecule is CCCNC(C)(C#N)CCOc1cc(OC)cc(OC)c1. The largest absolute Gasteiger partial charge is 0.496 e. The standard InChI is InChI=1S/C16H24N2O3/c1-5-7-18-16(2,12-17)6-8-21-15-10-13(19-3)9-14(11-15)20-4/h9-11,18H,5-8H2,1-4H3. The number of rotatable bonds is 9. The maximum atomic E-state index is 9.27. The molecule has 116 valence electrons. The van der Waals surface area contributed by atoms with E-state index in [-0.39, 0.29) is 0 Å². The van der Waals surface area contributed by atoms with Gasteiger partial charge in [0.2, 0.25) is 0 Å². The molecule has 0 amide bonds. The van der Waals surface area contributed by atoms with Crippen LogP contribution in [0.2, 0.25) is 0 Å². The van der Waals surface area contributed by atoms with Crippen molar-refractivity contribution >= 4 is 0 Å². The minimum absolute atomic E-state index is 0.442. The van der Waals surface area contributed by atoms with Gasteiger partial charge in [-0.15, -0.1) is 0 Å². The first-order valence-corrected chi connectivity index (χ1v) is 7.09. The lowest BCUT2D eigenvalue weighted by Crippen LogP contribution is -2.42. The Bertz CT molecular complexity index is 463. The summed E-state index contributed by atoms with van der Waals surface area (Å²) in [6, 6.07) is 7.69. The normalized spacial score (nSPS) is 13.1. The van der Waals surface area contributed by atoms with E-state index in [0.717, 1.165) is 13.0 Å². The molecule has 0 aliphatic rings. The summed E-state index contributed by atoms with van der Waals surface area (Å²) in [5.74, 6) is 2.02. The van der Waals surface area contributed by atoms with Gasteiger partial charge in [-0.2, -0.15) is 5.26 Å². The van der Waals surface area contributed by atoms with E-state index in [4.69, 9.17) is 14.2 Å². The van der Waals surface area contributed by atoms with Gasteiger partial charge in [0, 0.05) is 24.6 Å². The summed E-state index contributed by atoms with van der Waals surface area (Å²) in [5, 5.41) is 12.5. The van der Waals surface area contributed by atoms with Crippen LogP contribution >= 0.6 is 0 Å². The van der Waals surface area contributed by atoms with Crippen LogP contribution in [0.1, 0.15) is 26.7 Å². The summed E-state index contributed by atoms with van der Waals surface area (Å²) in [6.45, 7) is 5.22. The van der Waals surface area contributed by atoms with E-state index in [0.29, 0.717) is 30.3 Å². The highest BCUT2D eigenvalue weighted by Crippen LogP contribution is 2.27. The minimum Gasteiger partial charge on any atom is -0.496 e. The van der Waals surface area contributed by atoms with Crippen LogP contribution in [0.4, 0.5) is 0 Å². The molecule has 1 atom stereocenters. The molecule has 5 nitrogen and oxygen atoms in total. The van der Waals surface area contributed by atoms with Crippen LogP contribution in [-0.4, -0.2) is 32.9 Å². The van der Waals surface area contributed by atoms with Crippen LogP contribution < -0.4 is 19.5 Å². The number of nitrogens with one attached hydrogen (secondary N) is 1. The van der Waals surface area contributed by atoms with Gasteiger partial charge in [0.1, 0.15) is 22.8 Å². The van der Waals surface area contributed by atoms with Crippen LogP contribution in [0.5, 0.6) is 17.2 Å². The van der Waals surface area contributed by atoms with Gasteiger partial charge in [0.25, 0.3) is 0 Å². The number of nitriles is 1. The summed E-state index contributed by atoms with van der Waals surface area (Å²) in [5.41, 5.74) is -0.570. The van der Waals surface area contributed by atoms with E-state index in [1.165, 1.54) is 0 Å². The Labute approximate surface area is 126 Å². The second-order valence-corrected chi connectivity index (χ2v) is 5.02. The van der Waals surface area contributed by atoms with E-state index in [2.05, 4.69) is 18.3 Å². The highest BCUT2D eigenvalue weighted by atomic mass is 16.5. The van der Waals surface area contributed by atoms with E-state index >= 15 is 0 Å². The van der Waals surface area contributed by atoms with Gasteiger partial charge < -0.3 is 14.2 Å². The first-order chi connectivity index (χ1) is 10.1. The van der Waals surface area contributed by atoms with Crippen molar-refractivity contribution in [2.75, 3.05) is 27.4 Å². The summed E-state index contributed by atoms with van der Waals surface area (Å²) in [6.07, 6.45) is 1.59. The number of nitrogens with zero attached hydrogens (tertiary/aromatic N) is 1. The van der Waals surface area contributed by atoms with Crippen molar-refractivity contribution in [3.8, 4) is 23.3 Å². The Morgan fingerprint density at radius 1 is 1.14 bits per heavy atom. The Kier molecular flexibility index (Phi) is 6.83. The zero-order valence-corrected chi connectivity index (χ0v) is 13.2. The van der Waals surface area contributed by atoms with Crippen molar-refractivity contribution in [2.24, 2.45) is 0 Å². The molecule has 21 heavy (non-hydrogen) atoms. The number of methoxy groups -OCH3 is 2. The van der Waals surface area contributed by atoms with Crippen molar-refractivity contribution in [1.82, 2.24) is 5.32 Å². The topological polar surface area (TPSA) is 63.5 Å². The van der Waals surface area contributed by atoms with E-state index in [1.54, 1.807) is 32.4 Å². The van der Waals surface area contributed by atoms with Gasteiger partial charge in [0.15, 0.2) is 0 Å². The van der Waals surface area contributed by atoms with Crippen molar-refractivity contribution in [3.63, 3.8) is 0 Å². The maximum absolute atomic E-state index is 9.27. The van der Waals surface area contributed by atoms with Crippen LogP contribution in [0.15, 0.2) is 18.2 Å². The maximum Gasteiger partial charge on any atom is 0.126 e. The molecule has 0 fully saturated rings. The third-order valence-electron chi connectivity index (χ3n) is 3.21. The van der Waals surface area contributed by atoms with Crippen LogP contribution in [-0.2, 0) is 0 Å². The van der Waals surface area contributed by atoms with Crippen LogP contribution in [0.25, 0.3) is 0 Å². The molecule has 0 heterocycles. The summed E-state index contributed by atoms with van der Waals surface area (Å²) >= 11 is 0. The fourth-order valence-corrected chi connectivity index (χ4v) is 1.82. The third kappa shape index (κ3) is 5.52. The Hall–Kier alpha value is -1.93. The molecule has 1 N–H and O–H groups in total. The third-order valence-corrected chi connectivity index (χ3v) is 3.21. The Balaban J connectivity index is 2.60. The molecule has 0 bridgehead atoms. The molecule has 0 aliphatic heterocycles. The fraction of sp³-hybridized carbons (Fsp3) is 0.562. The average molecular weight is 292 g/mol. The molecule has 1 unspecified atom stereocenters. The first kappa shape index (κ1) is 17.1. The van der Waals surface area contributed by atoms with Crippen molar-refractivity contribution in [2.45, 2.75) is 32.2 Å². The van der Waals surface area contributed by atoms with Gasteiger partial charge >= 0.3 is 0 Å². The van der Waals surface area contributed by atoms with E-state index in [9.17, 15) is 5.26 Å². The molecular formula is C16H24N2O3. The summed E-state index contributed by atoms with van der Waals surface area (Å²) in [7, 11) is 3.19. The first-order valence-electron chi connectivity index (χ1n) is 7.09. The van der Waals surface area contributed by atoms with Gasteiger partial charge in [-0.3, -0.25) is 5.32 Å².